The van der Waals surface area contributed by atoms with Crippen LogP contribution in [-0.2, 0) is 14.8 Å². The van der Waals surface area contributed by atoms with E-state index in [1.54, 1.807) is 0 Å². The number of hydrogen-bond acceptors (Lipinski definition) is 3. The van der Waals surface area contributed by atoms with Crippen LogP contribution < -0.4 is 0 Å². The van der Waals surface area contributed by atoms with Crippen molar-refractivity contribution in [2.75, 3.05) is 25.5 Å². The van der Waals surface area contributed by atoms with Gasteiger partial charge in [0.1, 0.15) is 0 Å². The third-order valence-electron chi connectivity index (χ3n) is 3.15. The molecule has 1 saturated heterocycles. The first-order valence-corrected chi connectivity index (χ1v) is 7.74. The van der Waals surface area contributed by atoms with Crippen molar-refractivity contribution in [1.29, 1.82) is 0 Å². The molecule has 2 unspecified atom stereocenters. The normalized spacial score (nSPS) is 26.1. The molecule has 1 aliphatic heterocycles. The summed E-state index contributed by atoms with van der Waals surface area (Å²) in [6.07, 6.45) is 1.01. The number of carboxylic acid groups (broad SMARTS) is 1. The van der Waals surface area contributed by atoms with E-state index in [0.717, 1.165) is 0 Å². The summed E-state index contributed by atoms with van der Waals surface area (Å²) in [6.45, 7) is 1.72. The summed E-state index contributed by atoms with van der Waals surface area (Å²) in [5.74, 6) is -1.65. The number of aliphatic carboxylic acids is 1. The first-order chi connectivity index (χ1) is 8.36. The molecule has 1 fully saturated rings. The number of nitrogens with zero attached hydrogens (tertiary/aromatic N) is 1. The van der Waals surface area contributed by atoms with Crippen LogP contribution >= 0.6 is 0 Å². The first-order valence-electron chi connectivity index (χ1n) is 6.13. The molecule has 0 aromatic heterocycles. The minimum atomic E-state index is -3.45. The number of carboxylic acids is 1. The molecule has 1 rings (SSSR count). The van der Waals surface area contributed by atoms with Crippen molar-refractivity contribution in [1.82, 2.24) is 4.31 Å². The molecule has 0 amide bonds. The Bertz CT molecular complexity index is 385. The topological polar surface area (TPSA) is 74.7 Å². The van der Waals surface area contributed by atoms with Gasteiger partial charge in [0.2, 0.25) is 10.0 Å². The van der Waals surface area contributed by atoms with Gasteiger partial charge in [-0.15, -0.1) is 0 Å². The number of halogens is 1. The van der Waals surface area contributed by atoms with Crippen LogP contribution in [0.5, 0.6) is 0 Å². The van der Waals surface area contributed by atoms with Gasteiger partial charge in [0, 0.05) is 13.1 Å². The predicted molar refractivity (Wildman–Crippen MR) is 65.5 cm³/mol. The van der Waals surface area contributed by atoms with E-state index in [2.05, 4.69) is 0 Å². The SMILES string of the molecule is CC1CC(C(=O)O)CN(S(=O)(=O)CCCCF)C1. The van der Waals surface area contributed by atoms with Crippen LogP contribution in [0.3, 0.4) is 0 Å². The highest BCUT2D eigenvalue weighted by Crippen LogP contribution is 2.24. The zero-order chi connectivity index (χ0) is 13.8. The standard InChI is InChI=1S/C11H20FNO4S/c1-9-6-10(11(14)15)8-13(7-9)18(16,17)5-3-2-4-12/h9-10H,2-8H2,1H3,(H,14,15). The molecule has 1 N–H and O–H groups in total. The molecule has 7 heteroatoms. The minimum Gasteiger partial charge on any atom is -0.481 e. The first kappa shape index (κ1) is 15.4. The van der Waals surface area contributed by atoms with Gasteiger partial charge in [0.05, 0.1) is 18.3 Å². The molecule has 0 bridgehead atoms. The number of piperidine rings is 1. The lowest BCUT2D eigenvalue weighted by molar-refractivity contribution is -0.143. The van der Waals surface area contributed by atoms with Crippen molar-refractivity contribution in [2.24, 2.45) is 11.8 Å². The Labute approximate surface area is 107 Å². The Morgan fingerprint density at radius 2 is 2.06 bits per heavy atom. The van der Waals surface area contributed by atoms with Crippen molar-refractivity contribution >= 4 is 16.0 Å². The molecule has 0 spiro atoms. The summed E-state index contributed by atoms with van der Waals surface area (Å²) in [5.41, 5.74) is 0. The van der Waals surface area contributed by atoms with Crippen molar-refractivity contribution < 1.29 is 22.7 Å². The zero-order valence-corrected chi connectivity index (χ0v) is 11.3. The molecule has 18 heavy (non-hydrogen) atoms. The molecule has 106 valence electrons. The summed E-state index contributed by atoms with van der Waals surface area (Å²) in [5, 5.41) is 8.98. The average molecular weight is 281 g/mol. The predicted octanol–water partition coefficient (Wildman–Crippen LogP) is 1.11. The fourth-order valence-corrected chi connectivity index (χ4v) is 3.93. The highest BCUT2D eigenvalue weighted by Gasteiger charge is 2.34. The van der Waals surface area contributed by atoms with Gasteiger partial charge < -0.3 is 5.11 Å². The number of carbonyl (C=O) groups is 1. The summed E-state index contributed by atoms with van der Waals surface area (Å²) in [7, 11) is -3.45. The van der Waals surface area contributed by atoms with Gasteiger partial charge in [-0.05, 0) is 25.2 Å². The lowest BCUT2D eigenvalue weighted by atomic mass is 9.92. The molecule has 0 aliphatic carbocycles. The van der Waals surface area contributed by atoms with Crippen LogP contribution in [0, 0.1) is 11.8 Å². The second-order valence-electron chi connectivity index (χ2n) is 4.91. The summed E-state index contributed by atoms with van der Waals surface area (Å²) in [6, 6.07) is 0. The highest BCUT2D eigenvalue weighted by atomic mass is 32.2. The molecule has 1 aliphatic rings. The number of sulfonamides is 1. The average Bonchev–Trinajstić information content (AvgIpc) is 2.28. The highest BCUT2D eigenvalue weighted by molar-refractivity contribution is 7.89. The van der Waals surface area contributed by atoms with Crippen LogP contribution in [0.25, 0.3) is 0 Å². The Hall–Kier alpha value is -0.690. The fraction of sp³-hybridized carbons (Fsp3) is 0.909. The Balaban J connectivity index is 2.66. The Kier molecular flexibility index (Phi) is 5.52. The summed E-state index contributed by atoms with van der Waals surface area (Å²) < 4.78 is 37.2. The van der Waals surface area contributed by atoms with Crippen LogP contribution in [0.4, 0.5) is 4.39 Å². The van der Waals surface area contributed by atoms with Crippen molar-refractivity contribution in [3.8, 4) is 0 Å². The third-order valence-corrected chi connectivity index (χ3v) is 5.04. The minimum absolute atomic E-state index is 0.0378. The van der Waals surface area contributed by atoms with E-state index in [1.165, 1.54) is 4.31 Å². The van der Waals surface area contributed by atoms with Gasteiger partial charge in [0.15, 0.2) is 0 Å². The molecule has 2 atom stereocenters. The Morgan fingerprint density at radius 3 is 2.61 bits per heavy atom. The van der Waals surface area contributed by atoms with E-state index in [-0.39, 0.29) is 31.1 Å². The second-order valence-corrected chi connectivity index (χ2v) is 6.99. The maximum atomic E-state index is 12.0. The molecule has 0 radical (unpaired) electrons. The van der Waals surface area contributed by atoms with Crippen LogP contribution in [-0.4, -0.2) is 49.3 Å². The van der Waals surface area contributed by atoms with Gasteiger partial charge in [0.25, 0.3) is 0 Å². The lowest BCUT2D eigenvalue weighted by Gasteiger charge is -2.33. The van der Waals surface area contributed by atoms with Gasteiger partial charge in [-0.25, -0.2) is 12.7 Å². The van der Waals surface area contributed by atoms with Crippen molar-refractivity contribution in [3.05, 3.63) is 0 Å². The number of hydrogen-bond donors (Lipinski definition) is 1. The van der Waals surface area contributed by atoms with Gasteiger partial charge in [-0.1, -0.05) is 6.92 Å². The van der Waals surface area contributed by atoms with E-state index in [0.29, 0.717) is 13.0 Å². The van der Waals surface area contributed by atoms with E-state index >= 15 is 0 Å². The molecular weight excluding hydrogens is 261 g/mol. The third kappa shape index (κ3) is 4.20. The van der Waals surface area contributed by atoms with Crippen LogP contribution in [0.2, 0.25) is 0 Å². The maximum Gasteiger partial charge on any atom is 0.307 e. The monoisotopic (exact) mass is 281 g/mol. The molecule has 1 heterocycles. The zero-order valence-electron chi connectivity index (χ0n) is 10.5. The van der Waals surface area contributed by atoms with Gasteiger partial charge in [-0.2, -0.15) is 0 Å². The molecule has 0 aromatic carbocycles. The quantitative estimate of drug-likeness (QED) is 0.740. The summed E-state index contributed by atoms with van der Waals surface area (Å²) >= 11 is 0. The number of alkyl halides is 1. The molecule has 0 saturated carbocycles. The van der Waals surface area contributed by atoms with Crippen LogP contribution in [0.1, 0.15) is 26.2 Å². The van der Waals surface area contributed by atoms with Crippen molar-refractivity contribution in [2.45, 2.75) is 26.2 Å². The molecule has 0 aromatic rings. The van der Waals surface area contributed by atoms with E-state index in [1.807, 2.05) is 6.92 Å². The van der Waals surface area contributed by atoms with E-state index in [9.17, 15) is 17.6 Å². The maximum absolute atomic E-state index is 12.0. The molecular formula is C11H20FNO4S. The Morgan fingerprint density at radius 1 is 1.39 bits per heavy atom. The van der Waals surface area contributed by atoms with Gasteiger partial charge in [-0.3, -0.25) is 9.18 Å². The largest absolute Gasteiger partial charge is 0.481 e. The fourth-order valence-electron chi connectivity index (χ4n) is 2.22. The number of unbranched alkanes of at least 4 members (excludes halogenated alkanes) is 1. The van der Waals surface area contributed by atoms with E-state index < -0.39 is 28.6 Å². The number of rotatable bonds is 6. The van der Waals surface area contributed by atoms with Crippen LogP contribution in [0.15, 0.2) is 0 Å². The second kappa shape index (κ2) is 6.47. The smallest absolute Gasteiger partial charge is 0.307 e. The van der Waals surface area contributed by atoms with E-state index in [4.69, 9.17) is 5.11 Å². The molecule has 5 nitrogen and oxygen atoms in total. The lowest BCUT2D eigenvalue weighted by Crippen LogP contribution is -2.46. The summed E-state index contributed by atoms with van der Waals surface area (Å²) in [4.78, 5) is 11.0. The van der Waals surface area contributed by atoms with Crippen molar-refractivity contribution in [3.63, 3.8) is 0 Å². The van der Waals surface area contributed by atoms with Gasteiger partial charge >= 0.3 is 5.97 Å².